The van der Waals surface area contributed by atoms with E-state index in [1.807, 2.05) is 6.92 Å². The van der Waals surface area contributed by atoms with Gasteiger partial charge in [-0.05, 0) is 13.3 Å². The van der Waals surface area contributed by atoms with E-state index in [4.69, 9.17) is 22.7 Å². The molecular formula is C8H16N2OS. The fourth-order valence-corrected chi connectivity index (χ4v) is 1.48. The fourth-order valence-electron chi connectivity index (χ4n) is 1.33. The van der Waals surface area contributed by atoms with Crippen LogP contribution in [-0.2, 0) is 4.74 Å². The predicted molar refractivity (Wildman–Crippen MR) is 53.3 cm³/mol. The Hall–Kier alpha value is -0.190. The van der Waals surface area contributed by atoms with Crippen LogP contribution >= 0.6 is 12.2 Å². The quantitative estimate of drug-likeness (QED) is 0.636. The van der Waals surface area contributed by atoms with Crippen LogP contribution in [-0.4, -0.2) is 42.2 Å². The van der Waals surface area contributed by atoms with Gasteiger partial charge in [0.2, 0.25) is 0 Å². The molecule has 70 valence electrons. The molecule has 1 aliphatic rings. The Morgan fingerprint density at radius 1 is 1.50 bits per heavy atom. The second-order valence-electron chi connectivity index (χ2n) is 3.08. The molecule has 1 aliphatic heterocycles. The van der Waals surface area contributed by atoms with Crippen molar-refractivity contribution in [2.24, 2.45) is 5.73 Å². The minimum absolute atomic E-state index is 0.210. The summed E-state index contributed by atoms with van der Waals surface area (Å²) in [4.78, 5) is 2.85. The molecule has 0 aromatic carbocycles. The molecule has 4 heteroatoms. The van der Waals surface area contributed by atoms with Gasteiger partial charge in [0.05, 0.1) is 17.6 Å². The van der Waals surface area contributed by atoms with Gasteiger partial charge >= 0.3 is 0 Å². The van der Waals surface area contributed by atoms with E-state index < -0.39 is 0 Å². The SMILES string of the molecule is CC(C(N)=S)N1CCCOCC1. The highest BCUT2D eigenvalue weighted by atomic mass is 32.1. The van der Waals surface area contributed by atoms with Crippen LogP contribution in [0.2, 0.25) is 0 Å². The number of hydrogen-bond acceptors (Lipinski definition) is 3. The highest BCUT2D eigenvalue weighted by Gasteiger charge is 2.17. The molecule has 2 N–H and O–H groups in total. The molecule has 1 fully saturated rings. The van der Waals surface area contributed by atoms with Crippen molar-refractivity contribution in [2.75, 3.05) is 26.3 Å². The Labute approximate surface area is 78.9 Å². The molecule has 0 spiro atoms. The maximum atomic E-state index is 5.57. The normalized spacial score (nSPS) is 23.1. The number of nitrogens with zero attached hydrogens (tertiary/aromatic N) is 1. The van der Waals surface area contributed by atoms with Crippen molar-refractivity contribution in [3.63, 3.8) is 0 Å². The van der Waals surface area contributed by atoms with E-state index in [0.29, 0.717) is 4.99 Å². The van der Waals surface area contributed by atoms with Crippen molar-refractivity contribution in [3.05, 3.63) is 0 Å². The summed E-state index contributed by atoms with van der Waals surface area (Å²) in [6, 6.07) is 0.210. The molecule has 0 aliphatic carbocycles. The summed E-state index contributed by atoms with van der Waals surface area (Å²) in [5.74, 6) is 0. The Morgan fingerprint density at radius 2 is 2.25 bits per heavy atom. The summed E-state index contributed by atoms with van der Waals surface area (Å²) in [6.45, 7) is 5.69. The van der Waals surface area contributed by atoms with E-state index in [1.165, 1.54) is 0 Å². The van der Waals surface area contributed by atoms with Crippen molar-refractivity contribution >= 4 is 17.2 Å². The third-order valence-corrected chi connectivity index (χ3v) is 2.56. The minimum atomic E-state index is 0.210. The third kappa shape index (κ3) is 2.69. The molecule has 0 aromatic heterocycles. The summed E-state index contributed by atoms with van der Waals surface area (Å²) in [7, 11) is 0. The average molecular weight is 188 g/mol. The lowest BCUT2D eigenvalue weighted by atomic mass is 10.2. The maximum absolute atomic E-state index is 5.57. The van der Waals surface area contributed by atoms with E-state index >= 15 is 0 Å². The number of rotatable bonds is 2. The lowest BCUT2D eigenvalue weighted by Crippen LogP contribution is -2.42. The van der Waals surface area contributed by atoms with Crippen molar-refractivity contribution in [2.45, 2.75) is 19.4 Å². The topological polar surface area (TPSA) is 38.5 Å². The van der Waals surface area contributed by atoms with Gasteiger partial charge in [0.1, 0.15) is 0 Å². The van der Waals surface area contributed by atoms with Crippen LogP contribution < -0.4 is 5.73 Å². The van der Waals surface area contributed by atoms with E-state index in [1.54, 1.807) is 0 Å². The lowest BCUT2D eigenvalue weighted by Gasteiger charge is -2.25. The second kappa shape index (κ2) is 4.74. The summed E-state index contributed by atoms with van der Waals surface area (Å²) in [6.07, 6.45) is 1.08. The van der Waals surface area contributed by atoms with Gasteiger partial charge < -0.3 is 10.5 Å². The second-order valence-corrected chi connectivity index (χ2v) is 3.55. The van der Waals surface area contributed by atoms with Gasteiger partial charge in [-0.2, -0.15) is 0 Å². The van der Waals surface area contributed by atoms with Crippen LogP contribution in [0.5, 0.6) is 0 Å². The van der Waals surface area contributed by atoms with E-state index in [0.717, 1.165) is 32.7 Å². The monoisotopic (exact) mass is 188 g/mol. The van der Waals surface area contributed by atoms with Gasteiger partial charge in [0, 0.05) is 19.7 Å². The number of nitrogens with two attached hydrogens (primary N) is 1. The Bertz CT molecular complexity index is 155. The van der Waals surface area contributed by atoms with Gasteiger partial charge in [-0.25, -0.2) is 0 Å². The van der Waals surface area contributed by atoms with Crippen LogP contribution in [0.4, 0.5) is 0 Å². The molecule has 1 rings (SSSR count). The van der Waals surface area contributed by atoms with Gasteiger partial charge in [0.15, 0.2) is 0 Å². The molecule has 1 atom stereocenters. The van der Waals surface area contributed by atoms with Gasteiger partial charge in [-0.15, -0.1) is 0 Å². The molecule has 1 saturated heterocycles. The van der Waals surface area contributed by atoms with Crippen LogP contribution in [0.3, 0.4) is 0 Å². The largest absolute Gasteiger partial charge is 0.392 e. The maximum Gasteiger partial charge on any atom is 0.0899 e. The standard InChI is InChI=1S/C8H16N2OS/c1-7(8(9)12)10-3-2-5-11-6-4-10/h7H,2-6H2,1H3,(H2,9,12). The van der Waals surface area contributed by atoms with Crippen LogP contribution in [0.1, 0.15) is 13.3 Å². The molecular weight excluding hydrogens is 172 g/mol. The van der Waals surface area contributed by atoms with Gasteiger partial charge in [0.25, 0.3) is 0 Å². The molecule has 0 saturated carbocycles. The van der Waals surface area contributed by atoms with Crippen LogP contribution in [0, 0.1) is 0 Å². The number of thiocarbonyl (C=S) groups is 1. The average Bonchev–Trinajstić information content (AvgIpc) is 2.30. The van der Waals surface area contributed by atoms with Crippen molar-refractivity contribution in [3.8, 4) is 0 Å². The van der Waals surface area contributed by atoms with E-state index in [2.05, 4.69) is 4.90 Å². The van der Waals surface area contributed by atoms with Crippen LogP contribution in [0.25, 0.3) is 0 Å². The van der Waals surface area contributed by atoms with E-state index in [9.17, 15) is 0 Å². The predicted octanol–water partition coefficient (Wildman–Crippen LogP) is 0.383. The molecule has 0 aromatic rings. The first-order valence-corrected chi connectivity index (χ1v) is 4.74. The van der Waals surface area contributed by atoms with Crippen molar-refractivity contribution in [1.29, 1.82) is 0 Å². The van der Waals surface area contributed by atoms with Gasteiger partial charge in [-0.1, -0.05) is 12.2 Å². The zero-order valence-electron chi connectivity index (χ0n) is 7.45. The highest BCUT2D eigenvalue weighted by molar-refractivity contribution is 7.80. The zero-order valence-corrected chi connectivity index (χ0v) is 8.27. The summed E-state index contributed by atoms with van der Waals surface area (Å²) >= 11 is 4.94. The fraction of sp³-hybridized carbons (Fsp3) is 0.875. The summed E-state index contributed by atoms with van der Waals surface area (Å²) in [5, 5.41) is 0. The number of ether oxygens (including phenoxy) is 1. The molecule has 1 unspecified atom stereocenters. The first kappa shape index (κ1) is 9.89. The summed E-state index contributed by atoms with van der Waals surface area (Å²) < 4.78 is 5.33. The third-order valence-electron chi connectivity index (χ3n) is 2.22. The first-order chi connectivity index (χ1) is 5.72. The van der Waals surface area contributed by atoms with Gasteiger partial charge in [-0.3, -0.25) is 4.90 Å². The smallest absolute Gasteiger partial charge is 0.0899 e. The lowest BCUT2D eigenvalue weighted by molar-refractivity contribution is 0.139. The summed E-state index contributed by atoms with van der Waals surface area (Å²) in [5.41, 5.74) is 5.57. The Kier molecular flexibility index (Phi) is 3.91. The molecule has 12 heavy (non-hydrogen) atoms. The highest BCUT2D eigenvalue weighted by Crippen LogP contribution is 2.04. The minimum Gasteiger partial charge on any atom is -0.392 e. The van der Waals surface area contributed by atoms with Crippen LogP contribution in [0.15, 0.2) is 0 Å². The zero-order chi connectivity index (χ0) is 8.97. The van der Waals surface area contributed by atoms with E-state index in [-0.39, 0.29) is 6.04 Å². The molecule has 0 bridgehead atoms. The Balaban J connectivity index is 2.42. The van der Waals surface area contributed by atoms with Crippen molar-refractivity contribution < 1.29 is 4.74 Å². The molecule has 1 heterocycles. The Morgan fingerprint density at radius 3 is 2.92 bits per heavy atom. The molecule has 3 nitrogen and oxygen atoms in total. The molecule has 0 amide bonds. The molecule has 0 radical (unpaired) electrons. The van der Waals surface area contributed by atoms with Crippen molar-refractivity contribution in [1.82, 2.24) is 4.90 Å². The number of hydrogen-bond donors (Lipinski definition) is 1. The first-order valence-electron chi connectivity index (χ1n) is 4.33.